The number of nitrogens with one attached hydrogen (secondary N) is 1. The van der Waals surface area contributed by atoms with Gasteiger partial charge in [0.1, 0.15) is 48.8 Å². The van der Waals surface area contributed by atoms with Gasteiger partial charge in [-0.1, -0.05) is 204 Å². The van der Waals surface area contributed by atoms with Gasteiger partial charge in [0.05, 0.1) is 32.0 Å². The molecular weight excluding hydrogens is 943 g/mol. The van der Waals surface area contributed by atoms with E-state index in [9.17, 15) is 45.6 Å². The number of hydrogen-bond donors (Lipinski definition) is 9. The van der Waals surface area contributed by atoms with Crippen LogP contribution in [0.1, 0.15) is 232 Å². The van der Waals surface area contributed by atoms with Crippen molar-refractivity contribution in [2.24, 2.45) is 0 Å². The summed E-state index contributed by atoms with van der Waals surface area (Å²) in [4.78, 5) is 13.2. The van der Waals surface area contributed by atoms with Crippen LogP contribution in [0, 0.1) is 0 Å². The highest BCUT2D eigenvalue weighted by Gasteiger charge is 2.51. The molecule has 0 aromatic rings. The highest BCUT2D eigenvalue weighted by molar-refractivity contribution is 5.76. The number of allylic oxidation sites excluding steroid dienone is 7. The molecule has 0 spiro atoms. The van der Waals surface area contributed by atoms with Gasteiger partial charge in [-0.25, -0.2) is 0 Å². The summed E-state index contributed by atoms with van der Waals surface area (Å²) in [5.74, 6) is -0.253. The van der Waals surface area contributed by atoms with Crippen molar-refractivity contribution in [1.82, 2.24) is 5.32 Å². The summed E-state index contributed by atoms with van der Waals surface area (Å²) >= 11 is 0. The Morgan fingerprint density at radius 1 is 0.473 bits per heavy atom. The molecule has 0 aromatic heterocycles. The Labute approximate surface area is 448 Å². The Kier molecular flexibility index (Phi) is 42.2. The Bertz CT molecular complexity index is 1430. The first kappa shape index (κ1) is 68.1. The maximum atomic E-state index is 13.2. The van der Waals surface area contributed by atoms with Crippen LogP contribution in [-0.2, 0) is 23.7 Å². The van der Waals surface area contributed by atoms with Crippen LogP contribution in [0.15, 0.2) is 48.6 Å². The van der Waals surface area contributed by atoms with Crippen molar-refractivity contribution < 1.29 is 64.6 Å². The molecule has 9 N–H and O–H groups in total. The van der Waals surface area contributed by atoms with Crippen LogP contribution in [-0.4, -0.2) is 140 Å². The number of aliphatic hydroxyl groups excluding tert-OH is 8. The number of aliphatic hydroxyl groups is 8. The van der Waals surface area contributed by atoms with Gasteiger partial charge in [-0.2, -0.15) is 0 Å². The number of hydrogen-bond acceptors (Lipinski definition) is 13. The molecule has 2 saturated heterocycles. The van der Waals surface area contributed by atoms with Crippen molar-refractivity contribution >= 4 is 5.91 Å². The molecule has 432 valence electrons. The monoisotopic (exact) mass is 1050 g/mol. The topological polar surface area (TPSA) is 228 Å². The van der Waals surface area contributed by atoms with Gasteiger partial charge in [0.25, 0.3) is 0 Å². The molecule has 14 heteroatoms. The second-order valence-corrected chi connectivity index (χ2v) is 21.1. The quantitative estimate of drug-likeness (QED) is 0.0205. The van der Waals surface area contributed by atoms with E-state index in [1.54, 1.807) is 6.08 Å². The Balaban J connectivity index is 1.75. The molecule has 0 bridgehead atoms. The summed E-state index contributed by atoms with van der Waals surface area (Å²) in [5.41, 5.74) is 0. The number of rotatable bonds is 47. The number of ether oxygens (including phenoxy) is 4. The van der Waals surface area contributed by atoms with Crippen molar-refractivity contribution in [3.05, 3.63) is 48.6 Å². The molecule has 2 rings (SSSR count). The van der Waals surface area contributed by atoms with Gasteiger partial charge in [0.15, 0.2) is 12.6 Å². The Hall–Kier alpha value is -2.05. The van der Waals surface area contributed by atoms with E-state index >= 15 is 0 Å². The van der Waals surface area contributed by atoms with Crippen molar-refractivity contribution in [1.29, 1.82) is 0 Å². The van der Waals surface area contributed by atoms with Crippen LogP contribution in [0.4, 0.5) is 0 Å². The van der Waals surface area contributed by atoms with Crippen molar-refractivity contribution in [3.63, 3.8) is 0 Å². The fourth-order valence-electron chi connectivity index (χ4n) is 9.61. The fraction of sp³-hybridized carbons (Fsp3) is 0.850. The first-order valence-electron chi connectivity index (χ1n) is 29.9. The van der Waals surface area contributed by atoms with Gasteiger partial charge >= 0.3 is 0 Å². The van der Waals surface area contributed by atoms with Gasteiger partial charge in [-0.3, -0.25) is 4.79 Å². The minimum atomic E-state index is -1.79. The largest absolute Gasteiger partial charge is 0.394 e. The van der Waals surface area contributed by atoms with E-state index in [4.69, 9.17) is 18.9 Å². The maximum Gasteiger partial charge on any atom is 0.220 e. The molecule has 2 aliphatic rings. The molecule has 74 heavy (non-hydrogen) atoms. The van der Waals surface area contributed by atoms with Crippen LogP contribution in [0.2, 0.25) is 0 Å². The normalized spacial score (nSPS) is 25.5. The average molecular weight is 1050 g/mol. The standard InChI is InChI=1S/C60H109NO13/c1-3-5-7-9-11-13-15-17-19-20-21-22-23-24-25-26-27-28-30-32-34-36-38-40-42-44-52(65)61-48(49(64)43-41-39-37-35-33-31-29-18-16-14-12-10-8-6-4-2)47-71-59-57(70)55(68)58(51(46-63)73-59)74-60-56(69)54(67)53(66)50(45-62)72-60/h16,18,20-21,33,35,41,43,48-51,53-60,62-64,66-70H,3-15,17,19,22-32,34,36-40,42,44-47H2,1-2H3,(H,61,65)/b18-16+,21-20-,35-33+,43-41+. The molecule has 2 heterocycles. The second-order valence-electron chi connectivity index (χ2n) is 21.1. The van der Waals surface area contributed by atoms with Crippen molar-refractivity contribution in [2.45, 2.75) is 306 Å². The minimum Gasteiger partial charge on any atom is -0.394 e. The molecule has 12 unspecified atom stereocenters. The predicted octanol–water partition coefficient (Wildman–Crippen LogP) is 10.0. The van der Waals surface area contributed by atoms with Crippen LogP contribution in [0.3, 0.4) is 0 Å². The van der Waals surface area contributed by atoms with Gasteiger partial charge < -0.3 is 65.1 Å². The van der Waals surface area contributed by atoms with E-state index in [1.807, 2.05) is 6.08 Å². The van der Waals surface area contributed by atoms with Crippen molar-refractivity contribution in [2.75, 3.05) is 19.8 Å². The SMILES string of the molecule is CCCCCCC/C=C/CC/C=C/CC/C=C/C(O)C(COC1OC(CO)C(OC2OC(CO)C(O)C(O)C2O)C(O)C1O)NC(=O)CCCCCCCCCCCCCCC/C=C\CCCCCCCCCC. The van der Waals surface area contributed by atoms with Gasteiger partial charge in [-0.15, -0.1) is 0 Å². The molecule has 0 aliphatic carbocycles. The lowest BCUT2D eigenvalue weighted by atomic mass is 9.97. The maximum absolute atomic E-state index is 13.2. The van der Waals surface area contributed by atoms with Gasteiger partial charge in [-0.05, 0) is 70.6 Å². The molecule has 0 radical (unpaired) electrons. The predicted molar refractivity (Wildman–Crippen MR) is 295 cm³/mol. The smallest absolute Gasteiger partial charge is 0.220 e. The summed E-state index contributed by atoms with van der Waals surface area (Å²) in [5, 5.41) is 87.0. The summed E-state index contributed by atoms with van der Waals surface area (Å²) in [6, 6.07) is -0.937. The molecule has 0 saturated carbocycles. The molecule has 14 nitrogen and oxygen atoms in total. The zero-order valence-electron chi connectivity index (χ0n) is 46.3. The lowest BCUT2D eigenvalue weighted by Crippen LogP contribution is -2.65. The van der Waals surface area contributed by atoms with E-state index in [2.05, 4.69) is 55.6 Å². The van der Waals surface area contributed by atoms with Crippen LogP contribution in [0.25, 0.3) is 0 Å². The number of unbranched alkanes of at least 4 members (excludes halogenated alkanes) is 28. The van der Waals surface area contributed by atoms with Crippen LogP contribution < -0.4 is 5.32 Å². The van der Waals surface area contributed by atoms with Gasteiger partial charge in [0.2, 0.25) is 5.91 Å². The molecule has 12 atom stereocenters. The minimum absolute atomic E-state index is 0.253. The zero-order valence-corrected chi connectivity index (χ0v) is 46.3. The molecule has 0 aromatic carbocycles. The fourth-order valence-corrected chi connectivity index (χ4v) is 9.61. The summed E-state index contributed by atoms with van der Waals surface area (Å²) in [7, 11) is 0. The van der Waals surface area contributed by atoms with Crippen LogP contribution >= 0.6 is 0 Å². The third kappa shape index (κ3) is 31.4. The number of carbonyl (C=O) groups excluding carboxylic acids is 1. The Morgan fingerprint density at radius 2 is 0.865 bits per heavy atom. The molecule has 2 aliphatic heterocycles. The molecule has 2 fully saturated rings. The summed E-state index contributed by atoms with van der Waals surface area (Å²) in [6.07, 6.45) is 40.1. The molecular formula is C60H109NO13. The lowest BCUT2D eigenvalue weighted by molar-refractivity contribution is -0.359. The second kappa shape index (κ2) is 45.9. The summed E-state index contributed by atoms with van der Waals surface area (Å²) in [6.45, 7) is 2.76. The van der Waals surface area contributed by atoms with Gasteiger partial charge in [0, 0.05) is 6.42 Å². The number of amides is 1. The van der Waals surface area contributed by atoms with E-state index in [0.717, 1.165) is 44.9 Å². The number of carbonyl (C=O) groups is 1. The van der Waals surface area contributed by atoms with E-state index in [0.29, 0.717) is 12.8 Å². The third-order valence-electron chi connectivity index (χ3n) is 14.5. The zero-order chi connectivity index (χ0) is 53.9. The molecule has 1 amide bonds. The van der Waals surface area contributed by atoms with E-state index in [-0.39, 0.29) is 18.9 Å². The van der Waals surface area contributed by atoms with E-state index in [1.165, 1.54) is 154 Å². The third-order valence-corrected chi connectivity index (χ3v) is 14.5. The Morgan fingerprint density at radius 3 is 1.32 bits per heavy atom. The first-order chi connectivity index (χ1) is 36.1. The first-order valence-corrected chi connectivity index (χ1v) is 29.9. The van der Waals surface area contributed by atoms with E-state index < -0.39 is 86.8 Å². The highest BCUT2D eigenvalue weighted by Crippen LogP contribution is 2.30. The van der Waals surface area contributed by atoms with Crippen LogP contribution in [0.5, 0.6) is 0 Å². The summed E-state index contributed by atoms with van der Waals surface area (Å²) < 4.78 is 22.7. The highest BCUT2D eigenvalue weighted by atomic mass is 16.7. The lowest BCUT2D eigenvalue weighted by Gasteiger charge is -2.46. The average Bonchev–Trinajstić information content (AvgIpc) is 3.40. The van der Waals surface area contributed by atoms with Crippen molar-refractivity contribution in [3.8, 4) is 0 Å².